The summed E-state index contributed by atoms with van der Waals surface area (Å²) >= 11 is 0. The van der Waals surface area contributed by atoms with Gasteiger partial charge in [0.2, 0.25) is 5.75 Å². The number of hydrogen-bond donors (Lipinski definition) is 0. The van der Waals surface area contributed by atoms with E-state index in [1.807, 2.05) is 29.2 Å². The van der Waals surface area contributed by atoms with E-state index in [1.54, 1.807) is 33.5 Å². The molecule has 3 aromatic carbocycles. The van der Waals surface area contributed by atoms with Crippen LogP contribution >= 0.6 is 0 Å². The first-order valence-corrected chi connectivity index (χ1v) is 11.1. The average molecular weight is 446 g/mol. The molecule has 0 saturated heterocycles. The summed E-state index contributed by atoms with van der Waals surface area (Å²) in [5, 5.41) is 0. The number of hydrogen-bond acceptors (Lipinski definition) is 4. The van der Waals surface area contributed by atoms with Crippen molar-refractivity contribution >= 4 is 11.6 Å². The Labute approximate surface area is 195 Å². The third-order valence-electron chi connectivity index (χ3n) is 6.66. The molecule has 0 bridgehead atoms. The predicted molar refractivity (Wildman–Crippen MR) is 131 cm³/mol. The van der Waals surface area contributed by atoms with Gasteiger partial charge in [-0.1, -0.05) is 55.5 Å². The average Bonchev–Trinajstić information content (AvgIpc) is 2.82. The number of carbonyl (C=O) groups is 1. The van der Waals surface area contributed by atoms with E-state index < -0.39 is 5.54 Å². The fourth-order valence-electron chi connectivity index (χ4n) is 5.28. The lowest BCUT2D eigenvalue weighted by molar-refractivity contribution is 0.0948. The molecule has 4 rings (SSSR count). The third kappa shape index (κ3) is 3.71. The number of para-hydroxylation sites is 1. The molecule has 0 fully saturated rings. The molecule has 1 unspecified atom stereocenters. The van der Waals surface area contributed by atoms with Crippen molar-refractivity contribution in [2.75, 3.05) is 26.2 Å². The second kappa shape index (κ2) is 8.47. The quantitative estimate of drug-likeness (QED) is 0.494. The smallest absolute Gasteiger partial charge is 0.259 e. The molecule has 0 radical (unpaired) electrons. The molecule has 33 heavy (non-hydrogen) atoms. The summed E-state index contributed by atoms with van der Waals surface area (Å²) in [7, 11) is 4.66. The highest BCUT2D eigenvalue weighted by atomic mass is 16.5. The monoisotopic (exact) mass is 445 g/mol. The summed E-state index contributed by atoms with van der Waals surface area (Å²) < 4.78 is 16.4. The Balaban J connectivity index is 1.88. The number of rotatable bonds is 5. The van der Waals surface area contributed by atoms with Crippen LogP contribution in [-0.2, 0) is 5.41 Å². The van der Waals surface area contributed by atoms with Gasteiger partial charge in [-0.25, -0.2) is 0 Å². The Morgan fingerprint density at radius 1 is 0.818 bits per heavy atom. The van der Waals surface area contributed by atoms with Gasteiger partial charge in [-0.3, -0.25) is 4.79 Å². The second-order valence-corrected chi connectivity index (χ2v) is 9.26. The molecule has 1 heterocycles. The Hall–Kier alpha value is -3.47. The Morgan fingerprint density at radius 3 is 1.97 bits per heavy atom. The summed E-state index contributed by atoms with van der Waals surface area (Å²) in [6, 6.07) is 22.1. The Kier molecular flexibility index (Phi) is 5.83. The van der Waals surface area contributed by atoms with E-state index in [4.69, 9.17) is 14.2 Å². The molecule has 3 aromatic rings. The number of fused-ring (bicyclic) bond motifs is 1. The topological polar surface area (TPSA) is 48.0 Å². The summed E-state index contributed by atoms with van der Waals surface area (Å²) in [5.41, 5.74) is 3.10. The molecular weight excluding hydrogens is 414 g/mol. The molecule has 1 aliphatic rings. The highest BCUT2D eigenvalue weighted by Gasteiger charge is 2.47. The molecule has 172 valence electrons. The van der Waals surface area contributed by atoms with Crippen LogP contribution in [0.4, 0.5) is 5.69 Å². The van der Waals surface area contributed by atoms with Gasteiger partial charge in [-0.15, -0.1) is 0 Å². The Bertz CT molecular complexity index is 1150. The van der Waals surface area contributed by atoms with E-state index in [9.17, 15) is 4.79 Å². The van der Waals surface area contributed by atoms with Crippen LogP contribution in [0.1, 0.15) is 48.7 Å². The molecule has 1 atom stereocenters. The van der Waals surface area contributed by atoms with Crippen LogP contribution in [0.3, 0.4) is 0 Å². The van der Waals surface area contributed by atoms with Crippen LogP contribution in [0, 0.1) is 0 Å². The van der Waals surface area contributed by atoms with E-state index in [2.05, 4.69) is 51.1 Å². The normalized spacial score (nSPS) is 18.9. The van der Waals surface area contributed by atoms with Gasteiger partial charge in [-0.05, 0) is 49.6 Å². The number of ether oxygens (including phenoxy) is 3. The van der Waals surface area contributed by atoms with Crippen LogP contribution < -0.4 is 19.1 Å². The van der Waals surface area contributed by atoms with Crippen molar-refractivity contribution in [3.8, 4) is 17.2 Å². The third-order valence-corrected chi connectivity index (χ3v) is 6.66. The summed E-state index contributed by atoms with van der Waals surface area (Å²) in [6.45, 7) is 6.52. The van der Waals surface area contributed by atoms with Crippen molar-refractivity contribution in [3.05, 3.63) is 83.4 Å². The summed E-state index contributed by atoms with van der Waals surface area (Å²) in [6.07, 6.45) is 0.775. The Morgan fingerprint density at radius 2 is 1.39 bits per heavy atom. The van der Waals surface area contributed by atoms with Crippen LogP contribution in [0.2, 0.25) is 0 Å². The lowest BCUT2D eigenvalue weighted by Gasteiger charge is -2.51. The summed E-state index contributed by atoms with van der Waals surface area (Å²) in [5.74, 6) is 1.27. The van der Waals surface area contributed by atoms with Gasteiger partial charge >= 0.3 is 0 Å². The lowest BCUT2D eigenvalue weighted by Crippen LogP contribution is -2.55. The first-order valence-electron chi connectivity index (χ1n) is 11.1. The summed E-state index contributed by atoms with van der Waals surface area (Å²) in [4.78, 5) is 15.9. The largest absolute Gasteiger partial charge is 0.493 e. The molecule has 0 saturated carbocycles. The highest BCUT2D eigenvalue weighted by molar-refractivity contribution is 6.08. The van der Waals surface area contributed by atoms with Crippen molar-refractivity contribution in [1.82, 2.24) is 0 Å². The number of nitrogens with zero attached hydrogens (tertiary/aromatic N) is 1. The van der Waals surface area contributed by atoms with Crippen LogP contribution in [0.15, 0.2) is 66.7 Å². The maximum atomic E-state index is 14.0. The minimum absolute atomic E-state index is 0.109. The highest BCUT2D eigenvalue weighted by Crippen LogP contribution is 2.51. The molecule has 5 heteroatoms. The fraction of sp³-hybridized carbons (Fsp3) is 0.321. The molecule has 5 nitrogen and oxygen atoms in total. The van der Waals surface area contributed by atoms with E-state index in [-0.39, 0.29) is 11.3 Å². The molecule has 0 aliphatic carbocycles. The minimum atomic E-state index is -0.448. The van der Waals surface area contributed by atoms with Crippen molar-refractivity contribution in [1.29, 1.82) is 0 Å². The zero-order valence-electron chi connectivity index (χ0n) is 20.1. The van der Waals surface area contributed by atoms with Gasteiger partial charge in [0.25, 0.3) is 5.91 Å². The van der Waals surface area contributed by atoms with Crippen molar-refractivity contribution in [2.24, 2.45) is 0 Å². The zero-order valence-corrected chi connectivity index (χ0v) is 20.1. The number of benzene rings is 3. The number of anilines is 1. The molecule has 0 aromatic heterocycles. The second-order valence-electron chi connectivity index (χ2n) is 9.26. The van der Waals surface area contributed by atoms with Crippen molar-refractivity contribution in [2.45, 2.75) is 38.1 Å². The maximum absolute atomic E-state index is 14.0. The van der Waals surface area contributed by atoms with Crippen LogP contribution in [0.25, 0.3) is 0 Å². The first-order chi connectivity index (χ1) is 15.8. The number of methoxy groups -OCH3 is 3. The van der Waals surface area contributed by atoms with Gasteiger partial charge in [0.05, 0.1) is 21.3 Å². The fourth-order valence-corrected chi connectivity index (χ4v) is 5.28. The van der Waals surface area contributed by atoms with E-state index in [0.717, 1.165) is 17.7 Å². The molecule has 1 aliphatic heterocycles. The van der Waals surface area contributed by atoms with Gasteiger partial charge in [0.1, 0.15) is 0 Å². The van der Waals surface area contributed by atoms with Gasteiger partial charge < -0.3 is 19.1 Å². The standard InChI is InChI=1S/C28H31NO4/c1-27(2)18-28(3,20-12-8-7-9-13-20)21-14-10-11-15-22(21)29(27)26(30)19-16-23(31-4)25(33-6)24(17-19)32-5/h7-17H,18H2,1-6H3. The van der Waals surface area contributed by atoms with E-state index in [0.29, 0.717) is 22.8 Å². The maximum Gasteiger partial charge on any atom is 0.259 e. The minimum Gasteiger partial charge on any atom is -0.493 e. The number of amides is 1. The first kappa shape index (κ1) is 22.7. The van der Waals surface area contributed by atoms with Crippen molar-refractivity contribution in [3.63, 3.8) is 0 Å². The van der Waals surface area contributed by atoms with Crippen molar-refractivity contribution < 1.29 is 19.0 Å². The molecule has 1 amide bonds. The molecule has 0 spiro atoms. The van der Waals surface area contributed by atoms with Gasteiger partial charge in [0, 0.05) is 22.2 Å². The van der Waals surface area contributed by atoms with Gasteiger partial charge in [-0.2, -0.15) is 0 Å². The predicted octanol–water partition coefficient (Wildman–Crippen LogP) is 5.85. The SMILES string of the molecule is COc1cc(C(=O)N2c3ccccc3C(C)(c3ccccc3)CC2(C)C)cc(OC)c1OC. The molecular formula is C28H31NO4. The van der Waals surface area contributed by atoms with Crippen LogP contribution in [-0.4, -0.2) is 32.8 Å². The number of carbonyl (C=O) groups excluding carboxylic acids is 1. The van der Waals surface area contributed by atoms with E-state index in [1.165, 1.54) is 5.56 Å². The molecule has 0 N–H and O–H groups in total. The van der Waals surface area contributed by atoms with E-state index >= 15 is 0 Å². The lowest BCUT2D eigenvalue weighted by atomic mass is 9.65. The van der Waals surface area contributed by atoms with Crippen LogP contribution in [0.5, 0.6) is 17.2 Å². The zero-order chi connectivity index (χ0) is 23.8. The van der Waals surface area contributed by atoms with Gasteiger partial charge in [0.15, 0.2) is 11.5 Å².